The fourth-order valence-corrected chi connectivity index (χ4v) is 6.72. The fraction of sp³-hybridized carbons (Fsp3) is 0.481. The van der Waals surface area contributed by atoms with Crippen molar-refractivity contribution in [3.8, 4) is 0 Å². The minimum atomic E-state index is -0.551. The average Bonchev–Trinajstić information content (AvgIpc) is 2.71. The lowest BCUT2D eigenvalue weighted by Crippen LogP contribution is -2.56. The van der Waals surface area contributed by atoms with E-state index in [-0.39, 0.29) is 0 Å². The highest BCUT2D eigenvalue weighted by Gasteiger charge is 2.34. The molecule has 0 fully saturated rings. The Morgan fingerprint density at radius 1 is 0.567 bits per heavy atom. The molecule has 0 aromatic heterocycles. The molecule has 0 amide bonds. The van der Waals surface area contributed by atoms with E-state index in [2.05, 4.69) is 111 Å². The van der Waals surface area contributed by atoms with Crippen LogP contribution in [0.2, 0.25) is 0 Å². The van der Waals surface area contributed by atoms with Gasteiger partial charge in [0, 0.05) is 10.6 Å². The van der Waals surface area contributed by atoms with Crippen molar-refractivity contribution in [2.45, 2.75) is 79.6 Å². The van der Waals surface area contributed by atoms with Crippen LogP contribution in [0.1, 0.15) is 55.4 Å². The first-order valence-electron chi connectivity index (χ1n) is 11.3. The molecule has 0 unspecified atom stereocenters. The zero-order chi connectivity index (χ0) is 22.9. The summed E-state index contributed by atoms with van der Waals surface area (Å²) in [6.07, 6.45) is 0. The Morgan fingerprint density at radius 3 is 1.10 bits per heavy atom. The third kappa shape index (κ3) is 4.24. The van der Waals surface area contributed by atoms with Gasteiger partial charge >= 0.3 is 0 Å². The molecule has 0 N–H and O–H groups in total. The Bertz CT molecular complexity index is 753. The van der Waals surface area contributed by atoms with Crippen LogP contribution >= 0.6 is 7.92 Å². The molecular formula is C27H43N2P. The first-order valence-corrected chi connectivity index (χ1v) is 13.1. The standard InChI is InChI=1S/C27H43N2P/c1-20(2)28(9,21(3)4)24-16-12-14-18-26(24)30(11)27-19-15-13-17-25(27)29(10,22(5)6)23(7)8/h12-23H,9-10H2,1-8,11H3. The van der Waals surface area contributed by atoms with Crippen molar-refractivity contribution in [2.24, 2.45) is 0 Å². The molecule has 0 radical (unpaired) electrons. The van der Waals surface area contributed by atoms with Crippen molar-refractivity contribution in [3.63, 3.8) is 0 Å². The van der Waals surface area contributed by atoms with Crippen LogP contribution in [-0.2, 0) is 0 Å². The minimum absolute atomic E-state index is 0.402. The molecule has 2 rings (SSSR count). The first kappa shape index (κ1) is 25.1. The summed E-state index contributed by atoms with van der Waals surface area (Å²) in [4.78, 5) is 0. The normalized spacial score (nSPS) is 13.3. The maximum absolute atomic E-state index is 4.73. The van der Waals surface area contributed by atoms with E-state index < -0.39 is 7.92 Å². The summed E-state index contributed by atoms with van der Waals surface area (Å²) in [5, 5.41) is 2.85. The minimum Gasteiger partial charge on any atom is -0.419 e. The van der Waals surface area contributed by atoms with Gasteiger partial charge in [-0.2, -0.15) is 0 Å². The zero-order valence-corrected chi connectivity index (χ0v) is 21.6. The number of hydrogen-bond acceptors (Lipinski definition) is 0. The Balaban J connectivity index is 2.73. The quantitative estimate of drug-likeness (QED) is 0.254. The SMILES string of the molecule is [CH2-][N+](c1ccccc1P(C)c1ccccc1[N+]([CH2-])(C(C)C)C(C)C)(C(C)C)C(C)C. The molecule has 0 heterocycles. The Kier molecular flexibility index (Phi) is 7.94. The summed E-state index contributed by atoms with van der Waals surface area (Å²) in [5.41, 5.74) is 2.70. The summed E-state index contributed by atoms with van der Waals surface area (Å²) < 4.78 is 1.40. The molecule has 0 aliphatic rings. The molecule has 0 bridgehead atoms. The van der Waals surface area contributed by atoms with Crippen molar-refractivity contribution in [2.75, 3.05) is 6.66 Å². The van der Waals surface area contributed by atoms with Crippen LogP contribution in [0.15, 0.2) is 48.5 Å². The van der Waals surface area contributed by atoms with Gasteiger partial charge in [-0.3, -0.25) is 0 Å². The lowest BCUT2D eigenvalue weighted by molar-refractivity contribution is 0.251. The largest absolute Gasteiger partial charge is 0.419 e. The summed E-state index contributed by atoms with van der Waals surface area (Å²) in [6, 6.07) is 19.5. The second-order valence-corrected chi connectivity index (χ2v) is 11.9. The van der Waals surface area contributed by atoms with Crippen molar-refractivity contribution >= 4 is 29.9 Å². The number of hydrogen-bond donors (Lipinski definition) is 0. The molecular weight excluding hydrogens is 383 g/mol. The first-order chi connectivity index (χ1) is 13.9. The van der Waals surface area contributed by atoms with Crippen LogP contribution in [0, 0.1) is 14.1 Å². The lowest BCUT2D eigenvalue weighted by Gasteiger charge is -2.52. The number of nitrogens with zero attached hydrogens (tertiary/aromatic N) is 2. The molecule has 0 aliphatic carbocycles. The summed E-state index contributed by atoms with van der Waals surface area (Å²) in [7, 11) is 8.92. The number of rotatable bonds is 8. The maximum Gasteiger partial charge on any atom is 0.114 e. The number of quaternary nitrogens is 2. The second kappa shape index (κ2) is 9.51. The van der Waals surface area contributed by atoms with Crippen molar-refractivity contribution in [1.82, 2.24) is 8.97 Å². The molecule has 166 valence electrons. The van der Waals surface area contributed by atoms with Crippen LogP contribution in [0.5, 0.6) is 0 Å². The lowest BCUT2D eigenvalue weighted by atomic mass is 10.1. The van der Waals surface area contributed by atoms with Crippen LogP contribution < -0.4 is 19.6 Å². The van der Waals surface area contributed by atoms with Gasteiger partial charge in [-0.05, 0) is 94.2 Å². The molecule has 30 heavy (non-hydrogen) atoms. The second-order valence-electron chi connectivity index (χ2n) is 9.77. The van der Waals surface area contributed by atoms with E-state index in [9.17, 15) is 0 Å². The van der Waals surface area contributed by atoms with E-state index in [4.69, 9.17) is 14.1 Å². The molecule has 2 aromatic rings. The topological polar surface area (TPSA) is 0 Å². The van der Waals surface area contributed by atoms with E-state index in [1.165, 1.54) is 22.0 Å². The highest BCUT2D eigenvalue weighted by molar-refractivity contribution is 7.72. The number of benzene rings is 2. The van der Waals surface area contributed by atoms with Crippen molar-refractivity contribution < 1.29 is 0 Å². The summed E-state index contributed by atoms with van der Waals surface area (Å²) in [6.45, 7) is 20.7. The Morgan fingerprint density at radius 2 is 0.833 bits per heavy atom. The Hall–Kier alpha value is -1.21. The van der Waals surface area contributed by atoms with Crippen LogP contribution in [0.4, 0.5) is 11.4 Å². The van der Waals surface area contributed by atoms with Gasteiger partial charge in [0.25, 0.3) is 0 Å². The third-order valence-corrected chi connectivity index (χ3v) is 9.27. The van der Waals surface area contributed by atoms with Gasteiger partial charge in [0.2, 0.25) is 0 Å². The molecule has 2 nitrogen and oxygen atoms in total. The molecule has 0 saturated carbocycles. The van der Waals surface area contributed by atoms with E-state index in [0.29, 0.717) is 33.1 Å². The van der Waals surface area contributed by atoms with E-state index in [1.807, 2.05) is 0 Å². The molecule has 0 atom stereocenters. The van der Waals surface area contributed by atoms with Gasteiger partial charge < -0.3 is 8.97 Å². The van der Waals surface area contributed by atoms with Gasteiger partial charge in [0.05, 0.1) is 24.2 Å². The van der Waals surface area contributed by atoms with Crippen LogP contribution in [-0.4, -0.2) is 30.8 Å². The average molecular weight is 427 g/mol. The predicted molar refractivity (Wildman–Crippen MR) is 140 cm³/mol. The number of para-hydroxylation sites is 2. The van der Waals surface area contributed by atoms with E-state index in [1.54, 1.807) is 0 Å². The van der Waals surface area contributed by atoms with Crippen molar-refractivity contribution in [1.29, 1.82) is 0 Å². The molecule has 3 heteroatoms. The zero-order valence-electron chi connectivity index (χ0n) is 20.7. The molecule has 0 spiro atoms. The summed E-state index contributed by atoms with van der Waals surface area (Å²) in [5.74, 6) is 0. The highest BCUT2D eigenvalue weighted by atomic mass is 31.1. The van der Waals surface area contributed by atoms with Gasteiger partial charge in [-0.1, -0.05) is 24.3 Å². The highest BCUT2D eigenvalue weighted by Crippen LogP contribution is 2.42. The smallest absolute Gasteiger partial charge is 0.114 e. The van der Waals surface area contributed by atoms with Gasteiger partial charge in [-0.25, -0.2) is 0 Å². The van der Waals surface area contributed by atoms with Crippen LogP contribution in [0.3, 0.4) is 0 Å². The predicted octanol–water partition coefficient (Wildman–Crippen LogP) is 6.58. The van der Waals surface area contributed by atoms with Gasteiger partial charge in [-0.15, -0.1) is 14.1 Å². The summed E-state index contributed by atoms with van der Waals surface area (Å²) >= 11 is 0. The van der Waals surface area contributed by atoms with E-state index in [0.717, 1.165) is 0 Å². The van der Waals surface area contributed by atoms with Gasteiger partial charge in [0.1, 0.15) is 11.4 Å². The van der Waals surface area contributed by atoms with Gasteiger partial charge in [0.15, 0.2) is 0 Å². The molecule has 0 aliphatic heterocycles. The monoisotopic (exact) mass is 426 g/mol. The van der Waals surface area contributed by atoms with Crippen molar-refractivity contribution in [3.05, 3.63) is 62.6 Å². The molecule has 0 saturated heterocycles. The third-order valence-electron chi connectivity index (χ3n) is 7.07. The van der Waals surface area contributed by atoms with Crippen LogP contribution in [0.25, 0.3) is 0 Å². The van der Waals surface area contributed by atoms with E-state index >= 15 is 0 Å². The Labute approximate surface area is 187 Å². The fourth-order valence-electron chi connectivity index (χ4n) is 4.63. The molecule has 2 aromatic carbocycles. The maximum atomic E-state index is 4.73.